The van der Waals surface area contributed by atoms with Gasteiger partial charge in [-0.3, -0.25) is 4.90 Å². The Morgan fingerprint density at radius 1 is 1.16 bits per heavy atom. The molecule has 1 N–H and O–H groups in total. The third kappa shape index (κ3) is 2.72. The summed E-state index contributed by atoms with van der Waals surface area (Å²) in [5.41, 5.74) is 4.78. The van der Waals surface area contributed by atoms with E-state index >= 15 is 0 Å². The van der Waals surface area contributed by atoms with Crippen molar-refractivity contribution in [2.45, 2.75) is 19.5 Å². The van der Waals surface area contributed by atoms with Crippen LogP contribution in [0.3, 0.4) is 0 Å². The minimum absolute atomic E-state index is 0.674. The topological polar surface area (TPSA) is 58.0 Å². The van der Waals surface area contributed by atoms with Crippen molar-refractivity contribution in [1.29, 1.82) is 0 Å². The van der Waals surface area contributed by atoms with Gasteiger partial charge in [-0.2, -0.15) is 0 Å². The highest BCUT2D eigenvalue weighted by Gasteiger charge is 2.20. The Bertz CT molecular complexity index is 986. The van der Waals surface area contributed by atoms with Gasteiger partial charge in [0, 0.05) is 49.0 Å². The molecule has 0 amide bonds. The molecule has 4 heterocycles. The zero-order valence-electron chi connectivity index (χ0n) is 13.8. The number of hydrogen-bond donors (Lipinski definition) is 1. The van der Waals surface area contributed by atoms with Gasteiger partial charge in [-0.25, -0.2) is 9.97 Å². The average Bonchev–Trinajstić information content (AvgIpc) is 3.30. The Hall–Kier alpha value is -2.92. The number of para-hydroxylation sites is 1. The molecule has 0 unspecified atom stereocenters. The van der Waals surface area contributed by atoms with Crippen molar-refractivity contribution in [1.82, 2.24) is 19.9 Å². The van der Waals surface area contributed by atoms with Crippen molar-refractivity contribution < 1.29 is 4.42 Å². The minimum atomic E-state index is 0.674. The molecule has 0 saturated heterocycles. The number of H-pyrrole nitrogens is 1. The van der Waals surface area contributed by atoms with Gasteiger partial charge in [0.25, 0.3) is 0 Å². The lowest BCUT2D eigenvalue weighted by Gasteiger charge is -2.27. The zero-order chi connectivity index (χ0) is 16.6. The lowest BCUT2D eigenvalue weighted by molar-refractivity contribution is 0.240. The number of nitrogens with one attached hydrogen (secondary N) is 1. The van der Waals surface area contributed by atoms with Crippen molar-refractivity contribution in [3.8, 4) is 11.6 Å². The molecule has 1 aliphatic heterocycles. The van der Waals surface area contributed by atoms with Gasteiger partial charge in [0.1, 0.15) is 0 Å². The predicted molar refractivity (Wildman–Crippen MR) is 95.9 cm³/mol. The van der Waals surface area contributed by atoms with Crippen LogP contribution in [0.4, 0.5) is 0 Å². The Morgan fingerprint density at radius 2 is 2.12 bits per heavy atom. The summed E-state index contributed by atoms with van der Waals surface area (Å²) in [5, 5.41) is 1.27. The standard InChI is InChI=1S/C20H18N4O/c1-2-5-17-14(4-1)10-16(22-17)13-24-8-7-18-15(12-24)11-21-20(23-18)19-6-3-9-25-19/h1-6,9-11,22H,7-8,12-13H2. The van der Waals surface area contributed by atoms with Crippen LogP contribution in [0.1, 0.15) is 17.0 Å². The first-order valence-corrected chi connectivity index (χ1v) is 8.53. The smallest absolute Gasteiger partial charge is 0.195 e. The van der Waals surface area contributed by atoms with Crippen molar-refractivity contribution in [3.63, 3.8) is 0 Å². The molecule has 4 aromatic rings. The van der Waals surface area contributed by atoms with Crippen molar-refractivity contribution >= 4 is 10.9 Å². The summed E-state index contributed by atoms with van der Waals surface area (Å²) >= 11 is 0. The fourth-order valence-electron chi connectivity index (χ4n) is 3.49. The molecule has 0 spiro atoms. The van der Waals surface area contributed by atoms with E-state index in [4.69, 9.17) is 9.40 Å². The number of rotatable bonds is 3. The van der Waals surface area contributed by atoms with Gasteiger partial charge in [-0.1, -0.05) is 18.2 Å². The average molecular weight is 330 g/mol. The van der Waals surface area contributed by atoms with Crippen LogP contribution in [0, 0.1) is 0 Å². The highest BCUT2D eigenvalue weighted by molar-refractivity contribution is 5.80. The van der Waals surface area contributed by atoms with Crippen LogP contribution in [0.2, 0.25) is 0 Å². The molecule has 5 nitrogen and oxygen atoms in total. The molecular formula is C20H18N4O. The number of hydrogen-bond acceptors (Lipinski definition) is 4. The number of benzene rings is 1. The van der Waals surface area contributed by atoms with Gasteiger partial charge < -0.3 is 9.40 Å². The van der Waals surface area contributed by atoms with E-state index in [2.05, 4.69) is 45.2 Å². The van der Waals surface area contributed by atoms with Crippen LogP contribution in [0.5, 0.6) is 0 Å². The van der Waals surface area contributed by atoms with E-state index in [1.54, 1.807) is 6.26 Å². The van der Waals surface area contributed by atoms with Gasteiger partial charge in [0.2, 0.25) is 0 Å². The summed E-state index contributed by atoms with van der Waals surface area (Å²) in [7, 11) is 0. The highest BCUT2D eigenvalue weighted by Crippen LogP contribution is 2.23. The normalized spacial score (nSPS) is 14.7. The van der Waals surface area contributed by atoms with E-state index in [-0.39, 0.29) is 0 Å². The van der Waals surface area contributed by atoms with Gasteiger partial charge >= 0.3 is 0 Å². The van der Waals surface area contributed by atoms with Crippen LogP contribution in [-0.2, 0) is 19.5 Å². The van der Waals surface area contributed by atoms with E-state index < -0.39 is 0 Å². The Kier molecular flexibility index (Phi) is 3.38. The predicted octanol–water partition coefficient (Wildman–Crippen LogP) is 3.78. The molecule has 0 atom stereocenters. The van der Waals surface area contributed by atoms with Crippen LogP contribution in [0.15, 0.2) is 59.3 Å². The third-order valence-electron chi connectivity index (χ3n) is 4.73. The monoisotopic (exact) mass is 330 g/mol. The van der Waals surface area contributed by atoms with Gasteiger partial charge in [-0.05, 0) is 29.7 Å². The molecule has 0 saturated carbocycles. The molecule has 0 radical (unpaired) electrons. The summed E-state index contributed by atoms with van der Waals surface area (Å²) in [6.45, 7) is 2.79. The summed E-state index contributed by atoms with van der Waals surface area (Å²) in [6, 6.07) is 14.4. The Morgan fingerprint density at radius 3 is 3.00 bits per heavy atom. The van der Waals surface area contributed by atoms with E-state index in [0.717, 1.165) is 37.5 Å². The minimum Gasteiger partial charge on any atom is -0.461 e. The van der Waals surface area contributed by atoms with Crippen molar-refractivity contribution in [2.24, 2.45) is 0 Å². The maximum Gasteiger partial charge on any atom is 0.195 e. The second-order valence-corrected chi connectivity index (χ2v) is 6.49. The number of nitrogens with zero attached hydrogens (tertiary/aromatic N) is 3. The fourth-order valence-corrected chi connectivity index (χ4v) is 3.49. The number of aromatic nitrogens is 3. The molecule has 0 bridgehead atoms. The van der Waals surface area contributed by atoms with Crippen molar-refractivity contribution in [2.75, 3.05) is 6.54 Å². The largest absolute Gasteiger partial charge is 0.461 e. The maximum atomic E-state index is 5.40. The van der Waals surface area contributed by atoms with Crippen LogP contribution < -0.4 is 0 Å². The Balaban J connectivity index is 1.35. The summed E-state index contributed by atoms with van der Waals surface area (Å²) in [5.74, 6) is 1.40. The van der Waals surface area contributed by atoms with E-state index in [1.165, 1.54) is 22.2 Å². The first-order valence-electron chi connectivity index (χ1n) is 8.53. The number of aromatic amines is 1. The molecule has 0 fully saturated rings. The molecule has 3 aromatic heterocycles. The third-order valence-corrected chi connectivity index (χ3v) is 4.73. The molecule has 5 heteroatoms. The van der Waals surface area contributed by atoms with Crippen molar-refractivity contribution in [3.05, 3.63) is 71.9 Å². The van der Waals surface area contributed by atoms with Gasteiger partial charge in [0.05, 0.1) is 12.0 Å². The first kappa shape index (κ1) is 14.4. The Labute approximate surface area is 145 Å². The quantitative estimate of drug-likeness (QED) is 0.621. The molecule has 0 aliphatic carbocycles. The highest BCUT2D eigenvalue weighted by atomic mass is 16.3. The molecule has 124 valence electrons. The van der Waals surface area contributed by atoms with E-state index in [0.29, 0.717) is 5.82 Å². The summed E-state index contributed by atoms with van der Waals surface area (Å²) in [6.07, 6.45) is 4.53. The number of furan rings is 1. The molecule has 5 rings (SSSR count). The molecule has 25 heavy (non-hydrogen) atoms. The summed E-state index contributed by atoms with van der Waals surface area (Å²) in [4.78, 5) is 15.1. The molecule has 1 aromatic carbocycles. The van der Waals surface area contributed by atoms with Crippen LogP contribution >= 0.6 is 0 Å². The molecular weight excluding hydrogens is 312 g/mol. The SMILES string of the molecule is c1coc(-c2ncc3c(n2)CCN(Cc2cc4ccccc4[nH]2)C3)c1. The van der Waals surface area contributed by atoms with Crippen LogP contribution in [-0.4, -0.2) is 26.4 Å². The number of fused-ring (bicyclic) bond motifs is 2. The maximum absolute atomic E-state index is 5.40. The van der Waals surface area contributed by atoms with Gasteiger partial charge in [-0.15, -0.1) is 0 Å². The van der Waals surface area contributed by atoms with E-state index in [9.17, 15) is 0 Å². The van der Waals surface area contributed by atoms with E-state index in [1.807, 2.05) is 18.3 Å². The second-order valence-electron chi connectivity index (χ2n) is 6.49. The summed E-state index contributed by atoms with van der Waals surface area (Å²) < 4.78 is 5.40. The lowest BCUT2D eigenvalue weighted by Crippen LogP contribution is -2.31. The first-order chi connectivity index (χ1) is 12.3. The second kappa shape index (κ2) is 5.86. The molecule has 1 aliphatic rings. The van der Waals surface area contributed by atoms with Gasteiger partial charge in [0.15, 0.2) is 11.6 Å². The van der Waals surface area contributed by atoms with Crippen LogP contribution in [0.25, 0.3) is 22.5 Å². The fraction of sp³-hybridized carbons (Fsp3) is 0.200. The lowest BCUT2D eigenvalue weighted by atomic mass is 10.1. The zero-order valence-corrected chi connectivity index (χ0v) is 13.8.